The largest absolute Gasteiger partial charge is 0.372 e. The van der Waals surface area contributed by atoms with Crippen molar-refractivity contribution in [3.63, 3.8) is 0 Å². The molecule has 1 atom stereocenters. The fourth-order valence-electron chi connectivity index (χ4n) is 2.73. The molecule has 0 aromatic heterocycles. The van der Waals surface area contributed by atoms with Gasteiger partial charge < -0.3 is 10.5 Å². The van der Waals surface area contributed by atoms with Crippen LogP contribution in [0.4, 0.5) is 8.78 Å². The van der Waals surface area contributed by atoms with Crippen LogP contribution in [0.1, 0.15) is 17.2 Å². The third-order valence-electron chi connectivity index (χ3n) is 3.67. The van der Waals surface area contributed by atoms with E-state index < -0.39 is 11.6 Å². The zero-order valence-corrected chi connectivity index (χ0v) is 10.9. The molecule has 1 aliphatic rings. The van der Waals surface area contributed by atoms with Gasteiger partial charge in [-0.25, -0.2) is 8.78 Å². The minimum atomic E-state index is -0.570. The summed E-state index contributed by atoms with van der Waals surface area (Å²) in [6, 6.07) is 9.33. The average Bonchev–Trinajstić information content (AvgIpc) is 2.46. The summed E-state index contributed by atoms with van der Waals surface area (Å²) in [5.74, 6) is -1.12. The number of fused-ring (bicyclic) bond motifs is 1. The van der Waals surface area contributed by atoms with Crippen molar-refractivity contribution in [2.45, 2.75) is 12.5 Å². The maximum atomic E-state index is 14.0. The van der Waals surface area contributed by atoms with Gasteiger partial charge in [-0.3, -0.25) is 0 Å². The molecular formula is C16H15F2NO. The van der Waals surface area contributed by atoms with Gasteiger partial charge in [0.15, 0.2) is 0 Å². The van der Waals surface area contributed by atoms with Crippen molar-refractivity contribution in [3.05, 3.63) is 59.2 Å². The summed E-state index contributed by atoms with van der Waals surface area (Å²) in [7, 11) is 0. The highest BCUT2D eigenvalue weighted by Gasteiger charge is 2.23. The number of hydrogen-bond acceptors (Lipinski definition) is 2. The van der Waals surface area contributed by atoms with E-state index in [0.717, 1.165) is 22.8 Å². The van der Waals surface area contributed by atoms with Crippen LogP contribution in [0.25, 0.3) is 11.1 Å². The quantitative estimate of drug-likeness (QED) is 0.913. The summed E-state index contributed by atoms with van der Waals surface area (Å²) >= 11 is 0. The van der Waals surface area contributed by atoms with Crippen molar-refractivity contribution in [1.82, 2.24) is 0 Å². The lowest BCUT2D eigenvalue weighted by Gasteiger charge is -2.27. The fraction of sp³-hybridized carbons (Fsp3) is 0.250. The highest BCUT2D eigenvalue weighted by Crippen LogP contribution is 2.35. The van der Waals surface area contributed by atoms with Crippen LogP contribution < -0.4 is 5.73 Å². The van der Waals surface area contributed by atoms with Crippen molar-refractivity contribution in [2.75, 3.05) is 13.2 Å². The molecule has 0 fully saturated rings. The third kappa shape index (κ3) is 2.21. The number of halogens is 2. The Morgan fingerprint density at radius 2 is 2.00 bits per heavy atom. The molecule has 0 amide bonds. The Balaban J connectivity index is 2.15. The van der Waals surface area contributed by atoms with E-state index >= 15 is 0 Å². The van der Waals surface area contributed by atoms with Crippen LogP contribution in [0.15, 0.2) is 36.4 Å². The average molecular weight is 275 g/mol. The van der Waals surface area contributed by atoms with Crippen molar-refractivity contribution in [3.8, 4) is 11.1 Å². The Morgan fingerprint density at radius 1 is 1.15 bits per heavy atom. The maximum Gasteiger partial charge on any atom is 0.133 e. The standard InChI is InChI=1S/C16H15F2NO/c17-10-4-5-13(15(18)8-10)11-2-1-3-14-12(11)6-7-20-16(14)9-19/h1-5,8,16H,6-7,9,19H2. The lowest BCUT2D eigenvalue weighted by atomic mass is 9.89. The van der Waals surface area contributed by atoms with Crippen LogP contribution in [-0.4, -0.2) is 13.2 Å². The second kappa shape index (κ2) is 5.31. The monoisotopic (exact) mass is 275 g/mol. The Hall–Kier alpha value is -1.78. The molecule has 1 aliphatic heterocycles. The molecule has 104 valence electrons. The third-order valence-corrected chi connectivity index (χ3v) is 3.67. The first-order chi connectivity index (χ1) is 9.70. The van der Waals surface area contributed by atoms with Gasteiger partial charge in [0.1, 0.15) is 11.6 Å². The van der Waals surface area contributed by atoms with E-state index in [9.17, 15) is 8.78 Å². The molecule has 2 aromatic carbocycles. The molecule has 1 heterocycles. The Labute approximate surface area is 116 Å². The first-order valence-corrected chi connectivity index (χ1v) is 6.59. The Morgan fingerprint density at radius 3 is 2.75 bits per heavy atom. The zero-order valence-electron chi connectivity index (χ0n) is 10.9. The van der Waals surface area contributed by atoms with Gasteiger partial charge in [-0.2, -0.15) is 0 Å². The Bertz CT molecular complexity index is 642. The van der Waals surface area contributed by atoms with Crippen LogP contribution in [0.3, 0.4) is 0 Å². The summed E-state index contributed by atoms with van der Waals surface area (Å²) < 4.78 is 32.6. The molecule has 0 aliphatic carbocycles. The topological polar surface area (TPSA) is 35.2 Å². The van der Waals surface area contributed by atoms with Gasteiger partial charge in [0.2, 0.25) is 0 Å². The highest BCUT2D eigenvalue weighted by molar-refractivity contribution is 5.70. The smallest absolute Gasteiger partial charge is 0.133 e. The van der Waals surface area contributed by atoms with Gasteiger partial charge in [-0.05, 0) is 35.2 Å². The molecule has 0 saturated carbocycles. The molecule has 3 rings (SSSR count). The van der Waals surface area contributed by atoms with Crippen molar-refractivity contribution < 1.29 is 13.5 Å². The van der Waals surface area contributed by atoms with Gasteiger partial charge in [0.05, 0.1) is 12.7 Å². The van der Waals surface area contributed by atoms with Crippen molar-refractivity contribution in [1.29, 1.82) is 0 Å². The normalized spacial score (nSPS) is 17.9. The molecule has 0 radical (unpaired) electrons. The minimum Gasteiger partial charge on any atom is -0.372 e. The van der Waals surface area contributed by atoms with E-state index in [4.69, 9.17) is 10.5 Å². The molecule has 4 heteroatoms. The lowest BCUT2D eigenvalue weighted by molar-refractivity contribution is 0.0486. The molecule has 20 heavy (non-hydrogen) atoms. The summed E-state index contributed by atoms with van der Waals surface area (Å²) in [5, 5.41) is 0. The number of hydrogen-bond donors (Lipinski definition) is 1. The summed E-state index contributed by atoms with van der Waals surface area (Å²) in [6.07, 6.45) is 0.556. The lowest BCUT2D eigenvalue weighted by Crippen LogP contribution is -2.23. The maximum absolute atomic E-state index is 14.0. The zero-order chi connectivity index (χ0) is 14.1. The van der Waals surface area contributed by atoms with Crippen LogP contribution in [0.2, 0.25) is 0 Å². The van der Waals surface area contributed by atoms with Gasteiger partial charge in [-0.15, -0.1) is 0 Å². The van der Waals surface area contributed by atoms with Crippen LogP contribution in [0, 0.1) is 11.6 Å². The van der Waals surface area contributed by atoms with E-state index in [1.54, 1.807) is 0 Å². The molecule has 2 N–H and O–H groups in total. The molecule has 2 nitrogen and oxygen atoms in total. The summed E-state index contributed by atoms with van der Waals surface area (Å²) in [5.41, 5.74) is 8.96. The predicted molar refractivity (Wildman–Crippen MR) is 73.2 cm³/mol. The molecule has 2 aromatic rings. The summed E-state index contributed by atoms with van der Waals surface area (Å²) in [6.45, 7) is 0.955. The second-order valence-corrected chi connectivity index (χ2v) is 4.84. The highest BCUT2D eigenvalue weighted by atomic mass is 19.1. The molecule has 1 unspecified atom stereocenters. The van der Waals surface area contributed by atoms with E-state index in [-0.39, 0.29) is 6.10 Å². The minimum absolute atomic E-state index is 0.151. The Kier molecular flexibility index (Phi) is 3.51. The van der Waals surface area contributed by atoms with Gasteiger partial charge in [0, 0.05) is 18.2 Å². The second-order valence-electron chi connectivity index (χ2n) is 4.84. The van der Waals surface area contributed by atoms with E-state index in [1.807, 2.05) is 18.2 Å². The fourth-order valence-corrected chi connectivity index (χ4v) is 2.73. The first-order valence-electron chi connectivity index (χ1n) is 6.59. The number of rotatable bonds is 2. The van der Waals surface area contributed by atoms with Gasteiger partial charge in [-0.1, -0.05) is 18.2 Å². The van der Waals surface area contributed by atoms with Gasteiger partial charge in [0.25, 0.3) is 0 Å². The number of benzene rings is 2. The SMILES string of the molecule is NCC1OCCc2c(-c3ccc(F)cc3F)cccc21. The first kappa shape index (κ1) is 13.2. The molecule has 0 saturated heterocycles. The number of ether oxygens (including phenoxy) is 1. The van der Waals surface area contributed by atoms with E-state index in [0.29, 0.717) is 25.1 Å². The van der Waals surface area contributed by atoms with Crippen LogP contribution in [-0.2, 0) is 11.2 Å². The van der Waals surface area contributed by atoms with Crippen LogP contribution in [0.5, 0.6) is 0 Å². The molecular weight excluding hydrogens is 260 g/mol. The van der Waals surface area contributed by atoms with Crippen LogP contribution >= 0.6 is 0 Å². The van der Waals surface area contributed by atoms with E-state index in [2.05, 4.69) is 0 Å². The van der Waals surface area contributed by atoms with Crippen molar-refractivity contribution >= 4 is 0 Å². The predicted octanol–water partition coefficient (Wildman–Crippen LogP) is 3.20. The van der Waals surface area contributed by atoms with Crippen molar-refractivity contribution in [2.24, 2.45) is 5.73 Å². The van der Waals surface area contributed by atoms with Gasteiger partial charge >= 0.3 is 0 Å². The van der Waals surface area contributed by atoms with E-state index in [1.165, 1.54) is 12.1 Å². The molecule has 0 bridgehead atoms. The molecule has 0 spiro atoms. The summed E-state index contributed by atoms with van der Waals surface area (Å²) in [4.78, 5) is 0. The number of nitrogens with two attached hydrogens (primary N) is 1.